The Kier molecular flexibility index (Phi) is 21.2. The maximum atomic E-state index is 4.54. The van der Waals surface area contributed by atoms with Gasteiger partial charge in [0.1, 0.15) is 19.0 Å². The van der Waals surface area contributed by atoms with Crippen molar-refractivity contribution in [3.8, 4) is 95.7 Å². The normalized spacial score (nSPS) is 12.1. The molecule has 13 aromatic rings. The van der Waals surface area contributed by atoms with E-state index in [1.54, 1.807) is 39.2 Å². The summed E-state index contributed by atoms with van der Waals surface area (Å²) in [6.07, 6.45) is 10.8. The molecule has 15 rings (SSSR count). The van der Waals surface area contributed by atoms with Crippen molar-refractivity contribution in [3.05, 3.63) is 272 Å². The number of aryl methyl sites for hydroxylation is 3. The van der Waals surface area contributed by atoms with Gasteiger partial charge in [-0.15, -0.1) is 124 Å². The van der Waals surface area contributed by atoms with Crippen molar-refractivity contribution in [3.63, 3.8) is 0 Å². The Morgan fingerprint density at radius 2 is 0.862 bits per heavy atom. The molecule has 443 valence electrons. The van der Waals surface area contributed by atoms with E-state index in [1.807, 2.05) is 135 Å². The zero-order valence-corrected chi connectivity index (χ0v) is 58.0. The van der Waals surface area contributed by atoms with Crippen LogP contribution in [0.3, 0.4) is 0 Å². The summed E-state index contributed by atoms with van der Waals surface area (Å²) in [5, 5.41) is 13.2. The second-order valence-electron chi connectivity index (χ2n) is 21.5. The Morgan fingerprint density at radius 1 is 0.379 bits per heavy atom. The minimum absolute atomic E-state index is 0. The molecule has 0 spiro atoms. The zero-order chi connectivity index (χ0) is 57.1. The van der Waals surface area contributed by atoms with E-state index in [9.17, 15) is 0 Å². The predicted molar refractivity (Wildman–Crippen MR) is 327 cm³/mol. The van der Waals surface area contributed by atoms with Crippen LogP contribution in [0.1, 0.15) is 49.9 Å². The van der Waals surface area contributed by atoms with Crippen molar-refractivity contribution in [1.82, 2.24) is 58.8 Å². The number of pyridine rings is 1. The molecule has 5 aromatic heterocycles. The maximum Gasteiger partial charge on any atom is 0.108 e. The fraction of sp³-hybridized carbons (Fsp3) is 0.127. The van der Waals surface area contributed by atoms with E-state index in [0.29, 0.717) is 11.6 Å². The minimum Gasteiger partial charge on any atom is -0.350 e. The largest absolute Gasteiger partial charge is 0.350 e. The SMILES string of the molecule is Cn1cnc(-c2[c-]cc3c(c2)C(C)(C)c2ccccc2-3)c1.Cn1cnc(-c2[c-]cc3c(c2)C(C)(C)c2ccccc2-3)n1.Cn1cnc(-c2[c-]ccc(-c3ccccc3)c2)n1.[Ir].[Ir].[Ir].[Pt].[c-]1ccc(-c2ccccn2)cc1-c1ncn(-c2ccccc2)n1. The van der Waals surface area contributed by atoms with Crippen LogP contribution >= 0.6 is 0 Å². The van der Waals surface area contributed by atoms with Crippen LogP contribution in [0.15, 0.2) is 226 Å². The number of fused-ring (bicyclic) bond motifs is 6. The van der Waals surface area contributed by atoms with Gasteiger partial charge in [0, 0.05) is 114 Å². The average Bonchev–Trinajstić information content (AvgIpc) is 1.61. The molecule has 2 aliphatic rings. The maximum absolute atomic E-state index is 4.54. The number of imidazole rings is 1. The van der Waals surface area contributed by atoms with E-state index < -0.39 is 0 Å². The van der Waals surface area contributed by atoms with Gasteiger partial charge >= 0.3 is 0 Å². The Morgan fingerprint density at radius 3 is 1.40 bits per heavy atom. The van der Waals surface area contributed by atoms with Crippen LogP contribution in [-0.4, -0.2) is 58.8 Å². The fourth-order valence-corrected chi connectivity index (χ4v) is 10.8. The smallest absolute Gasteiger partial charge is 0.108 e. The number of hydrogen-bond acceptors (Lipinski definition) is 8. The average molecular weight is 1850 g/mol. The van der Waals surface area contributed by atoms with Gasteiger partial charge in [-0.2, -0.15) is 5.10 Å². The third kappa shape index (κ3) is 14.0. The van der Waals surface area contributed by atoms with Crippen LogP contribution in [-0.2, 0) is 113 Å². The molecule has 0 unspecified atom stereocenters. The molecule has 16 heteroatoms. The first-order chi connectivity index (χ1) is 40.4. The van der Waals surface area contributed by atoms with Crippen molar-refractivity contribution in [1.29, 1.82) is 0 Å². The topological polar surface area (TPSA) is 123 Å². The molecule has 0 fully saturated rings. The molecule has 3 radical (unpaired) electrons. The summed E-state index contributed by atoms with van der Waals surface area (Å²) in [4.78, 5) is 21.8. The van der Waals surface area contributed by atoms with Gasteiger partial charge in [-0.05, 0) is 58.0 Å². The molecule has 0 N–H and O–H groups in total. The molecule has 2 aliphatic carbocycles. The Labute approximate surface area is 563 Å². The van der Waals surface area contributed by atoms with Crippen molar-refractivity contribution in [2.75, 3.05) is 0 Å². The van der Waals surface area contributed by atoms with E-state index in [0.717, 1.165) is 56.3 Å². The molecule has 12 nitrogen and oxygen atoms in total. The standard InChI is InChI=1S/C19H13N4.C19H17N2.C18H16N3.C15H12N3.3Ir.Pt/c1-2-9-17(10-3-1)23-14-21-19(22-23)16-8-6-7-15(13-16)18-11-4-5-12-20-18;1-19(2)16-7-5-4-6-14(16)15-9-8-13(10-17(15)19)18-11-21(3)12-20-18;1-18(2)15-7-5-4-6-13(15)14-9-8-12(10-16(14)18)17-19-11-21(3)20-17;1-18-11-16-15(17-18)14-9-5-8-13(10-14)12-6-3-2-4-7-12;;;;/h1-7,9-14H;4-7,9-12H,1-3H3;4-7,9-11H,1-3H3;2-8,10-11H,1H3;;;;/q4*-1;;;;. The number of benzene rings is 8. The fourth-order valence-electron chi connectivity index (χ4n) is 10.8. The van der Waals surface area contributed by atoms with Gasteiger partial charge < -0.3 is 4.57 Å². The van der Waals surface area contributed by atoms with Crippen LogP contribution in [0.2, 0.25) is 0 Å². The monoisotopic (exact) mass is 1850 g/mol. The van der Waals surface area contributed by atoms with Crippen molar-refractivity contribution < 1.29 is 81.4 Å². The first kappa shape index (κ1) is 65.2. The Bertz CT molecular complexity index is 4260. The Hall–Kier alpha value is -7.82. The molecular formula is C71H58Ir3N12Pt-4. The predicted octanol–water partition coefficient (Wildman–Crippen LogP) is 14.5. The molecule has 0 bridgehead atoms. The first-order valence-electron chi connectivity index (χ1n) is 27.4. The van der Waals surface area contributed by atoms with Crippen LogP contribution in [0, 0.1) is 24.3 Å². The van der Waals surface area contributed by atoms with E-state index >= 15 is 0 Å². The summed E-state index contributed by atoms with van der Waals surface area (Å²) in [6, 6.07) is 76.9. The van der Waals surface area contributed by atoms with E-state index in [-0.39, 0.29) is 92.2 Å². The van der Waals surface area contributed by atoms with Crippen LogP contribution < -0.4 is 0 Å². The van der Waals surface area contributed by atoms with Gasteiger partial charge in [-0.3, -0.25) is 34.3 Å². The summed E-state index contributed by atoms with van der Waals surface area (Å²) < 4.78 is 7.14. The molecule has 87 heavy (non-hydrogen) atoms. The quantitative estimate of drug-likeness (QED) is 0.145. The van der Waals surface area contributed by atoms with Gasteiger partial charge in [0.05, 0.1) is 35.2 Å². The number of hydrogen-bond donors (Lipinski definition) is 0. The third-order valence-corrected chi connectivity index (χ3v) is 15.1. The van der Waals surface area contributed by atoms with Crippen molar-refractivity contribution in [2.24, 2.45) is 21.1 Å². The molecule has 0 aliphatic heterocycles. The summed E-state index contributed by atoms with van der Waals surface area (Å²) in [5.41, 5.74) is 20.7. The molecular weight excluding hydrogens is 1790 g/mol. The second-order valence-corrected chi connectivity index (χ2v) is 21.5. The molecule has 0 saturated heterocycles. The van der Waals surface area contributed by atoms with Gasteiger partial charge in [0.2, 0.25) is 0 Å². The molecule has 0 saturated carbocycles. The summed E-state index contributed by atoms with van der Waals surface area (Å²) in [7, 11) is 5.73. The minimum atomic E-state index is 0. The van der Waals surface area contributed by atoms with E-state index in [4.69, 9.17) is 0 Å². The van der Waals surface area contributed by atoms with Crippen LogP contribution in [0.25, 0.3) is 95.7 Å². The van der Waals surface area contributed by atoms with Crippen molar-refractivity contribution >= 4 is 0 Å². The second kappa shape index (κ2) is 28.3. The van der Waals surface area contributed by atoms with E-state index in [1.165, 1.54) is 50.1 Å². The molecule has 5 heterocycles. The van der Waals surface area contributed by atoms with Crippen LogP contribution in [0.5, 0.6) is 0 Å². The molecule has 8 aromatic carbocycles. The van der Waals surface area contributed by atoms with E-state index in [2.05, 4.69) is 183 Å². The number of rotatable bonds is 7. The molecule has 0 amide bonds. The zero-order valence-electron chi connectivity index (χ0n) is 48.5. The third-order valence-electron chi connectivity index (χ3n) is 15.1. The van der Waals surface area contributed by atoms with Gasteiger partial charge in [0.25, 0.3) is 0 Å². The summed E-state index contributed by atoms with van der Waals surface area (Å²) in [6.45, 7) is 9.13. The van der Waals surface area contributed by atoms with Crippen molar-refractivity contribution in [2.45, 2.75) is 38.5 Å². The molecule has 0 atom stereocenters. The summed E-state index contributed by atoms with van der Waals surface area (Å²) in [5.74, 6) is 2.08. The van der Waals surface area contributed by atoms with Gasteiger partial charge in [-0.25, -0.2) is 14.9 Å². The summed E-state index contributed by atoms with van der Waals surface area (Å²) >= 11 is 0. The first-order valence-corrected chi connectivity index (χ1v) is 27.4. The number of aromatic nitrogens is 12. The van der Waals surface area contributed by atoms with Gasteiger partial charge in [0.15, 0.2) is 0 Å². The number of nitrogens with zero attached hydrogens (tertiary/aromatic N) is 12. The Balaban J connectivity index is 0.000000149. The number of para-hydroxylation sites is 1. The van der Waals surface area contributed by atoms with Gasteiger partial charge in [-0.1, -0.05) is 159 Å². The van der Waals surface area contributed by atoms with Crippen LogP contribution in [0.4, 0.5) is 0 Å².